The molecule has 0 amide bonds. The lowest BCUT2D eigenvalue weighted by Gasteiger charge is -2.30. The molecule has 0 aliphatic carbocycles. The lowest BCUT2D eigenvalue weighted by molar-refractivity contribution is -0.902. The molecule has 2 nitrogen and oxygen atoms in total. The summed E-state index contributed by atoms with van der Waals surface area (Å²) in [5.41, 5.74) is 0. The molecule has 1 rings (SSSR count). The maximum atomic E-state index is 8.89. The third kappa shape index (κ3) is 1.25. The second-order valence-electron chi connectivity index (χ2n) is 3.48. The molecule has 1 N–H and O–H groups in total. The number of hydrogen-bond acceptors (Lipinski definition) is 1. The van der Waals surface area contributed by atoms with E-state index in [2.05, 4.69) is 14.1 Å². The monoisotopic (exact) mass is 130 g/mol. The lowest BCUT2D eigenvalue weighted by atomic mass is 10.2. The molecule has 2 heteroatoms. The summed E-state index contributed by atoms with van der Waals surface area (Å²) >= 11 is 0. The molecule has 0 unspecified atom stereocenters. The molecule has 1 aliphatic rings. The number of hydrogen-bond donors (Lipinski definition) is 1. The minimum atomic E-state index is 0.354. The van der Waals surface area contributed by atoms with Gasteiger partial charge in [0.05, 0.1) is 27.2 Å². The maximum absolute atomic E-state index is 8.89. The van der Waals surface area contributed by atoms with E-state index in [-0.39, 0.29) is 0 Å². The van der Waals surface area contributed by atoms with Gasteiger partial charge in [0, 0.05) is 12.8 Å². The van der Waals surface area contributed by atoms with Crippen molar-refractivity contribution in [3.63, 3.8) is 0 Å². The van der Waals surface area contributed by atoms with Crippen LogP contribution in [0, 0.1) is 0 Å². The second-order valence-corrected chi connectivity index (χ2v) is 3.48. The smallest absolute Gasteiger partial charge is 0.112 e. The van der Waals surface area contributed by atoms with Gasteiger partial charge in [0.1, 0.15) is 6.04 Å². The van der Waals surface area contributed by atoms with Gasteiger partial charge in [-0.1, -0.05) is 0 Å². The second kappa shape index (κ2) is 2.27. The van der Waals surface area contributed by atoms with Crippen molar-refractivity contribution in [3.8, 4) is 0 Å². The van der Waals surface area contributed by atoms with Crippen LogP contribution in [0.1, 0.15) is 12.8 Å². The zero-order valence-corrected chi connectivity index (χ0v) is 6.30. The molecule has 1 heterocycles. The molecule has 1 saturated heterocycles. The van der Waals surface area contributed by atoms with Gasteiger partial charge < -0.3 is 9.59 Å². The van der Waals surface area contributed by atoms with Gasteiger partial charge in [-0.2, -0.15) is 0 Å². The Balaban J connectivity index is 2.52. The minimum Gasteiger partial charge on any atom is -0.390 e. The molecule has 0 aromatic rings. The zero-order valence-electron chi connectivity index (χ0n) is 6.30. The summed E-state index contributed by atoms with van der Waals surface area (Å²) in [5, 5.41) is 8.89. The van der Waals surface area contributed by atoms with Gasteiger partial charge in [-0.15, -0.1) is 0 Å². The van der Waals surface area contributed by atoms with E-state index in [0.717, 1.165) is 4.48 Å². The lowest BCUT2D eigenvalue weighted by Crippen LogP contribution is -2.45. The fraction of sp³-hybridized carbons (Fsp3) is 1.00. The summed E-state index contributed by atoms with van der Waals surface area (Å²) in [6.07, 6.45) is 2.47. The Labute approximate surface area is 56.7 Å². The Morgan fingerprint density at radius 2 is 2.22 bits per heavy atom. The van der Waals surface area contributed by atoms with E-state index >= 15 is 0 Å². The van der Waals surface area contributed by atoms with Crippen molar-refractivity contribution in [2.45, 2.75) is 18.9 Å². The quantitative estimate of drug-likeness (QED) is 0.503. The average molecular weight is 130 g/mol. The molecule has 0 bridgehead atoms. The van der Waals surface area contributed by atoms with Crippen molar-refractivity contribution >= 4 is 0 Å². The van der Waals surface area contributed by atoms with E-state index in [4.69, 9.17) is 5.11 Å². The van der Waals surface area contributed by atoms with E-state index in [0.29, 0.717) is 12.6 Å². The van der Waals surface area contributed by atoms with Gasteiger partial charge in [-0.25, -0.2) is 0 Å². The summed E-state index contributed by atoms with van der Waals surface area (Å²) in [7, 11) is 4.38. The van der Waals surface area contributed by atoms with Crippen LogP contribution in [0.2, 0.25) is 0 Å². The van der Waals surface area contributed by atoms with Crippen LogP contribution in [-0.2, 0) is 0 Å². The van der Waals surface area contributed by atoms with Crippen molar-refractivity contribution in [1.29, 1.82) is 0 Å². The third-order valence-electron chi connectivity index (χ3n) is 2.47. The van der Waals surface area contributed by atoms with E-state index < -0.39 is 0 Å². The SMILES string of the molecule is C[N+]1(C)CCC[C@@H]1CO. The molecule has 9 heavy (non-hydrogen) atoms. The summed E-state index contributed by atoms with van der Waals surface area (Å²) in [4.78, 5) is 0. The van der Waals surface area contributed by atoms with Crippen LogP contribution in [0.5, 0.6) is 0 Å². The van der Waals surface area contributed by atoms with Gasteiger partial charge in [0.15, 0.2) is 0 Å². The third-order valence-corrected chi connectivity index (χ3v) is 2.47. The van der Waals surface area contributed by atoms with Crippen LogP contribution >= 0.6 is 0 Å². The molecule has 1 fully saturated rings. The topological polar surface area (TPSA) is 20.2 Å². The number of likely N-dealkylation sites (N-methyl/N-ethyl adjacent to an activating group) is 1. The number of likely N-dealkylation sites (tertiary alicyclic amines) is 1. The molecule has 0 saturated carbocycles. The van der Waals surface area contributed by atoms with Crippen molar-refractivity contribution in [2.24, 2.45) is 0 Å². The summed E-state index contributed by atoms with van der Waals surface area (Å²) in [5.74, 6) is 0. The molecular formula is C7H16NO+. The Morgan fingerprint density at radius 1 is 1.56 bits per heavy atom. The minimum absolute atomic E-state index is 0.354. The highest BCUT2D eigenvalue weighted by atomic mass is 16.3. The van der Waals surface area contributed by atoms with Crippen molar-refractivity contribution < 1.29 is 9.59 Å². The Hall–Kier alpha value is -0.0800. The maximum Gasteiger partial charge on any atom is 0.112 e. The van der Waals surface area contributed by atoms with E-state index in [9.17, 15) is 0 Å². The molecule has 54 valence electrons. The van der Waals surface area contributed by atoms with E-state index in [1.165, 1.54) is 19.4 Å². The van der Waals surface area contributed by atoms with Crippen molar-refractivity contribution in [2.75, 3.05) is 27.2 Å². The highest BCUT2D eigenvalue weighted by Gasteiger charge is 2.32. The van der Waals surface area contributed by atoms with E-state index in [1.54, 1.807) is 0 Å². The first-order valence-electron chi connectivity index (χ1n) is 3.60. The number of quaternary nitrogens is 1. The largest absolute Gasteiger partial charge is 0.390 e. The first-order valence-corrected chi connectivity index (χ1v) is 3.60. The molecule has 1 aliphatic heterocycles. The first-order chi connectivity index (χ1) is 4.17. The summed E-state index contributed by atoms with van der Waals surface area (Å²) in [6, 6.07) is 0.505. The number of nitrogens with zero attached hydrogens (tertiary/aromatic N) is 1. The highest BCUT2D eigenvalue weighted by Crippen LogP contribution is 2.20. The number of aliphatic hydroxyl groups is 1. The molecule has 0 radical (unpaired) electrons. The Bertz CT molecular complexity index is 101. The number of rotatable bonds is 1. The van der Waals surface area contributed by atoms with Crippen LogP contribution in [-0.4, -0.2) is 42.9 Å². The van der Waals surface area contributed by atoms with Gasteiger partial charge in [-0.05, 0) is 0 Å². The average Bonchev–Trinajstić information content (AvgIpc) is 2.08. The summed E-state index contributed by atoms with van der Waals surface area (Å²) < 4.78 is 1.01. The summed E-state index contributed by atoms with van der Waals surface area (Å²) in [6.45, 7) is 1.58. The van der Waals surface area contributed by atoms with Crippen LogP contribution in [0.15, 0.2) is 0 Å². The van der Waals surface area contributed by atoms with Crippen LogP contribution in [0.3, 0.4) is 0 Å². The molecular weight excluding hydrogens is 114 g/mol. The molecule has 0 spiro atoms. The fourth-order valence-corrected chi connectivity index (χ4v) is 1.58. The standard InChI is InChI=1S/C7H16NO/c1-8(2)5-3-4-7(8)6-9/h7,9H,3-6H2,1-2H3/q+1/t7-/m1/s1. The van der Waals surface area contributed by atoms with Gasteiger partial charge in [0.25, 0.3) is 0 Å². The predicted molar refractivity (Wildman–Crippen MR) is 37.1 cm³/mol. The molecule has 1 atom stereocenters. The first kappa shape index (κ1) is 7.03. The Morgan fingerprint density at radius 3 is 2.44 bits per heavy atom. The van der Waals surface area contributed by atoms with Gasteiger partial charge in [-0.3, -0.25) is 0 Å². The number of aliphatic hydroxyl groups excluding tert-OH is 1. The molecule has 0 aromatic heterocycles. The highest BCUT2D eigenvalue weighted by molar-refractivity contribution is 4.63. The van der Waals surface area contributed by atoms with Crippen LogP contribution in [0.4, 0.5) is 0 Å². The van der Waals surface area contributed by atoms with Gasteiger partial charge >= 0.3 is 0 Å². The molecule has 0 aromatic carbocycles. The normalized spacial score (nSPS) is 33.0. The van der Waals surface area contributed by atoms with Crippen molar-refractivity contribution in [3.05, 3.63) is 0 Å². The zero-order chi connectivity index (χ0) is 6.91. The van der Waals surface area contributed by atoms with E-state index in [1.807, 2.05) is 0 Å². The fourth-order valence-electron chi connectivity index (χ4n) is 1.58. The van der Waals surface area contributed by atoms with Crippen molar-refractivity contribution in [1.82, 2.24) is 0 Å². The van der Waals surface area contributed by atoms with Crippen LogP contribution in [0.25, 0.3) is 0 Å². The van der Waals surface area contributed by atoms with Gasteiger partial charge in [0.2, 0.25) is 0 Å². The van der Waals surface area contributed by atoms with Crippen LogP contribution < -0.4 is 0 Å². The predicted octanol–water partition coefficient (Wildman–Crippen LogP) is 0.218. The Kier molecular flexibility index (Phi) is 1.78.